The van der Waals surface area contributed by atoms with Crippen LogP contribution in [0.3, 0.4) is 0 Å². The number of ether oxygens (including phenoxy) is 2. The summed E-state index contributed by atoms with van der Waals surface area (Å²) in [5.41, 5.74) is 0.915. The molecule has 1 rings (SSSR count). The number of benzene rings is 1. The minimum Gasteiger partial charge on any atom is -0.463 e. The highest BCUT2D eigenvalue weighted by Gasteiger charge is 2.21. The van der Waals surface area contributed by atoms with Crippen LogP contribution in [-0.4, -0.2) is 44.5 Å². The molecule has 0 aliphatic rings. The molecule has 0 bridgehead atoms. The highest BCUT2D eigenvalue weighted by Crippen LogP contribution is 2.47. The van der Waals surface area contributed by atoms with Crippen molar-refractivity contribution in [2.45, 2.75) is 27.7 Å². The van der Waals surface area contributed by atoms with Crippen molar-refractivity contribution < 1.29 is 32.7 Å². The molecule has 0 aliphatic carbocycles. The maximum atomic E-state index is 11.9. The summed E-state index contributed by atoms with van der Waals surface area (Å²) < 4.78 is 31.4. The fourth-order valence-corrected chi connectivity index (χ4v) is 3.73. The quantitative estimate of drug-likeness (QED) is 0.158. The Hall–Kier alpha value is -2.18. The van der Waals surface area contributed by atoms with E-state index in [1.165, 1.54) is 18.2 Å². The van der Waals surface area contributed by atoms with Crippen LogP contribution in [0, 0.1) is 0 Å². The summed E-state index contributed by atoms with van der Waals surface area (Å²) >= 11 is 5.95. The third kappa shape index (κ3) is 14.8. The summed E-state index contributed by atoms with van der Waals surface area (Å²) in [4.78, 5) is 21.9. The van der Waals surface area contributed by atoms with Crippen LogP contribution in [0.25, 0.3) is 6.08 Å². The van der Waals surface area contributed by atoms with E-state index < -0.39 is 13.6 Å². The van der Waals surface area contributed by atoms with Gasteiger partial charge in [0.15, 0.2) is 0 Å². The van der Waals surface area contributed by atoms with Crippen LogP contribution in [0.5, 0.6) is 0 Å². The molecule has 0 radical (unpaired) electrons. The largest absolute Gasteiger partial charge is 0.463 e. The summed E-state index contributed by atoms with van der Waals surface area (Å²) in [5.74, 6) is -0.798. The molecule has 0 atom stereocenters. The van der Waals surface area contributed by atoms with Crippen LogP contribution in [0.15, 0.2) is 54.6 Å². The lowest BCUT2D eigenvalue weighted by atomic mass is 10.2. The molecule has 178 valence electrons. The van der Waals surface area contributed by atoms with Gasteiger partial charge < -0.3 is 18.5 Å². The van der Waals surface area contributed by atoms with E-state index in [1.54, 1.807) is 39.8 Å². The molecule has 1 aromatic carbocycles. The second-order valence-corrected chi connectivity index (χ2v) is 8.29. The summed E-state index contributed by atoms with van der Waals surface area (Å²) in [7, 11) is -3.09. The Balaban J connectivity index is 0.000000601. The van der Waals surface area contributed by atoms with E-state index in [0.29, 0.717) is 31.5 Å². The van der Waals surface area contributed by atoms with Gasteiger partial charge in [0, 0.05) is 17.2 Å². The van der Waals surface area contributed by atoms with Crippen molar-refractivity contribution in [1.82, 2.24) is 0 Å². The molecule has 32 heavy (non-hydrogen) atoms. The molecule has 0 fully saturated rings. The SMILES string of the molecule is CCOC(=O)C=CC=Cc1ccccc1Cl.CCOC(=O)C=CCP(=O)(OCC)OCC. The second-order valence-electron chi connectivity index (χ2n) is 5.78. The van der Waals surface area contributed by atoms with Crippen molar-refractivity contribution in [1.29, 1.82) is 0 Å². The predicted octanol–water partition coefficient (Wildman–Crippen LogP) is 5.84. The number of hydrogen-bond donors (Lipinski definition) is 0. The molecule has 1 aromatic rings. The van der Waals surface area contributed by atoms with Crippen LogP contribution in [0.1, 0.15) is 33.3 Å². The van der Waals surface area contributed by atoms with E-state index in [2.05, 4.69) is 4.74 Å². The topological polar surface area (TPSA) is 88.1 Å². The Kier molecular flexibility index (Phi) is 17.1. The van der Waals surface area contributed by atoms with E-state index in [9.17, 15) is 14.2 Å². The van der Waals surface area contributed by atoms with Crippen molar-refractivity contribution in [3.63, 3.8) is 0 Å². The second kappa shape index (κ2) is 18.4. The molecule has 0 aromatic heterocycles. The van der Waals surface area contributed by atoms with Gasteiger partial charge in [-0.05, 0) is 39.3 Å². The molecule has 0 saturated heterocycles. The number of allylic oxidation sites excluding steroid dienone is 3. The number of halogens is 1. The molecule has 0 saturated carbocycles. The van der Waals surface area contributed by atoms with Crippen LogP contribution in [0.2, 0.25) is 5.02 Å². The summed E-state index contributed by atoms with van der Waals surface area (Å²) in [5, 5.41) is 0.684. The minimum absolute atomic E-state index is 0.0769. The van der Waals surface area contributed by atoms with Gasteiger partial charge in [-0.25, -0.2) is 9.59 Å². The smallest absolute Gasteiger partial charge is 0.334 e. The summed E-state index contributed by atoms with van der Waals surface area (Å²) in [6, 6.07) is 7.49. The van der Waals surface area contributed by atoms with E-state index >= 15 is 0 Å². The number of carbonyl (C=O) groups is 2. The summed E-state index contributed by atoms with van der Waals surface area (Å²) in [6.45, 7) is 8.29. The average Bonchev–Trinajstić information content (AvgIpc) is 2.73. The number of esters is 2. The van der Waals surface area contributed by atoms with Crippen LogP contribution in [-0.2, 0) is 32.7 Å². The Morgan fingerprint density at radius 3 is 1.97 bits per heavy atom. The van der Waals surface area contributed by atoms with Gasteiger partial charge in [-0.1, -0.05) is 54.1 Å². The fourth-order valence-electron chi connectivity index (χ4n) is 2.10. The average molecular weight is 487 g/mol. The molecule has 0 N–H and O–H groups in total. The first-order valence-corrected chi connectivity index (χ1v) is 12.4. The Labute approximate surface area is 195 Å². The molecule has 9 heteroatoms. The predicted molar refractivity (Wildman–Crippen MR) is 128 cm³/mol. The maximum absolute atomic E-state index is 11.9. The zero-order chi connectivity index (χ0) is 24.2. The van der Waals surface area contributed by atoms with Gasteiger partial charge in [-0.2, -0.15) is 0 Å². The molecule has 0 aliphatic heterocycles. The van der Waals surface area contributed by atoms with Crippen LogP contribution < -0.4 is 0 Å². The standard InChI is InChI=1S/C13H13ClO2.C10H19O5P/c1-2-16-13(15)10-6-4-8-11-7-3-5-9-12(11)14;1-4-13-10(11)8-7-9-16(12,14-5-2)15-6-3/h3-10H,2H2,1H3;7-8H,4-6,9H2,1-3H3. The van der Waals surface area contributed by atoms with Crippen molar-refractivity contribution in [2.24, 2.45) is 0 Å². The highest BCUT2D eigenvalue weighted by atomic mass is 35.5. The van der Waals surface area contributed by atoms with Crippen molar-refractivity contribution in [3.8, 4) is 0 Å². The first kappa shape index (κ1) is 29.8. The third-order valence-electron chi connectivity index (χ3n) is 3.33. The highest BCUT2D eigenvalue weighted by molar-refractivity contribution is 7.54. The van der Waals surface area contributed by atoms with Crippen molar-refractivity contribution in [3.05, 3.63) is 65.2 Å². The van der Waals surface area contributed by atoms with E-state index in [1.807, 2.05) is 30.3 Å². The number of hydrogen-bond acceptors (Lipinski definition) is 7. The molecular weight excluding hydrogens is 455 g/mol. The van der Waals surface area contributed by atoms with Crippen molar-refractivity contribution >= 4 is 37.2 Å². The summed E-state index contributed by atoms with van der Waals surface area (Å²) in [6.07, 6.45) is 9.33. The zero-order valence-corrected chi connectivity index (χ0v) is 20.6. The Morgan fingerprint density at radius 1 is 0.875 bits per heavy atom. The van der Waals surface area contributed by atoms with E-state index in [0.717, 1.165) is 5.56 Å². The van der Waals surface area contributed by atoms with Gasteiger partial charge in [-0.3, -0.25) is 4.57 Å². The monoisotopic (exact) mass is 486 g/mol. The lowest BCUT2D eigenvalue weighted by Crippen LogP contribution is -2.01. The first-order valence-electron chi connectivity index (χ1n) is 10.3. The normalized spacial score (nSPS) is 11.5. The molecule has 0 spiro atoms. The molecule has 0 heterocycles. The lowest BCUT2D eigenvalue weighted by Gasteiger charge is -2.14. The van der Waals surface area contributed by atoms with Gasteiger partial charge in [0.2, 0.25) is 0 Å². The van der Waals surface area contributed by atoms with Gasteiger partial charge in [-0.15, -0.1) is 0 Å². The lowest BCUT2D eigenvalue weighted by molar-refractivity contribution is -0.138. The third-order valence-corrected chi connectivity index (χ3v) is 5.64. The Bertz CT molecular complexity index is 808. The Morgan fingerprint density at radius 2 is 1.44 bits per heavy atom. The van der Waals surface area contributed by atoms with Crippen LogP contribution >= 0.6 is 19.2 Å². The zero-order valence-electron chi connectivity index (χ0n) is 19.0. The fraction of sp³-hybridized carbons (Fsp3) is 0.391. The van der Waals surface area contributed by atoms with E-state index in [4.69, 9.17) is 25.4 Å². The number of rotatable bonds is 12. The van der Waals surface area contributed by atoms with Gasteiger partial charge in [0.05, 0.1) is 32.6 Å². The molecule has 0 amide bonds. The molecule has 7 nitrogen and oxygen atoms in total. The first-order chi connectivity index (χ1) is 15.3. The molecular formula is C23H32ClO7P. The van der Waals surface area contributed by atoms with Gasteiger partial charge >= 0.3 is 19.5 Å². The number of carbonyl (C=O) groups excluding carboxylic acids is 2. The van der Waals surface area contributed by atoms with Gasteiger partial charge in [0.25, 0.3) is 0 Å². The minimum atomic E-state index is -3.09. The van der Waals surface area contributed by atoms with Crippen molar-refractivity contribution in [2.75, 3.05) is 32.6 Å². The molecule has 0 unspecified atom stereocenters. The van der Waals surface area contributed by atoms with Crippen LogP contribution in [0.4, 0.5) is 0 Å². The maximum Gasteiger partial charge on any atom is 0.334 e. The van der Waals surface area contributed by atoms with Gasteiger partial charge in [0.1, 0.15) is 0 Å². The van der Waals surface area contributed by atoms with E-state index in [-0.39, 0.29) is 12.1 Å².